The standard InChI is InChI=1S/C31H30F2N8O4/c32-22-1-10-28(29(33)15-22)31(18-40-21-34-19-36-40)44-17-27(45-31)16-43-26-8-6-24(7-9-26)39-13-11-38(12-14-39)23-2-4-25(5-3-23)41-30(42)35-20-37-41/h1-10,15,19-21,27H,11-14,16-18H2,(H,35,37,42). The third-order valence-electron chi connectivity index (χ3n) is 7.97. The molecule has 12 nitrogen and oxygen atoms in total. The lowest BCUT2D eigenvalue weighted by Gasteiger charge is -2.37. The van der Waals surface area contributed by atoms with Gasteiger partial charge in [-0.3, -0.25) is 4.98 Å². The van der Waals surface area contributed by atoms with E-state index >= 15 is 0 Å². The van der Waals surface area contributed by atoms with Crippen molar-refractivity contribution in [3.8, 4) is 11.4 Å². The Balaban J connectivity index is 0.936. The molecule has 5 aromatic rings. The van der Waals surface area contributed by atoms with E-state index in [9.17, 15) is 13.6 Å². The fourth-order valence-electron chi connectivity index (χ4n) is 5.69. The van der Waals surface area contributed by atoms with Crippen LogP contribution in [0.1, 0.15) is 5.56 Å². The normalized spacial score (nSPS) is 20.1. The predicted molar refractivity (Wildman–Crippen MR) is 159 cm³/mol. The molecule has 2 fully saturated rings. The number of hydrogen-bond donors (Lipinski definition) is 1. The Morgan fingerprint density at radius 1 is 0.911 bits per heavy atom. The summed E-state index contributed by atoms with van der Waals surface area (Å²) in [7, 11) is 0. The van der Waals surface area contributed by atoms with Gasteiger partial charge in [0, 0.05) is 49.2 Å². The van der Waals surface area contributed by atoms with E-state index in [2.05, 4.69) is 30.0 Å². The molecule has 2 aromatic heterocycles. The van der Waals surface area contributed by atoms with E-state index < -0.39 is 23.5 Å². The molecule has 0 amide bonds. The van der Waals surface area contributed by atoms with Gasteiger partial charge in [0.1, 0.15) is 55.6 Å². The Hall–Kier alpha value is -5.08. The average Bonchev–Trinajstić information content (AvgIpc) is 3.83. The van der Waals surface area contributed by atoms with E-state index in [1.54, 1.807) is 0 Å². The molecule has 2 aliphatic heterocycles. The molecular weight excluding hydrogens is 586 g/mol. The molecule has 2 aliphatic rings. The molecule has 0 radical (unpaired) electrons. The third kappa shape index (κ3) is 6.01. The van der Waals surface area contributed by atoms with Gasteiger partial charge in [0.2, 0.25) is 5.79 Å². The van der Waals surface area contributed by atoms with Crippen molar-refractivity contribution in [3.05, 3.63) is 113 Å². The van der Waals surface area contributed by atoms with Crippen LogP contribution in [0.3, 0.4) is 0 Å². The topological polar surface area (TPSA) is 116 Å². The first-order valence-corrected chi connectivity index (χ1v) is 14.5. The highest BCUT2D eigenvalue weighted by molar-refractivity contribution is 5.54. The third-order valence-corrected chi connectivity index (χ3v) is 7.97. The molecule has 0 saturated carbocycles. The van der Waals surface area contributed by atoms with Gasteiger partial charge in [0.15, 0.2) is 0 Å². The maximum Gasteiger partial charge on any atom is 0.347 e. The van der Waals surface area contributed by atoms with Gasteiger partial charge in [0.25, 0.3) is 0 Å². The van der Waals surface area contributed by atoms with E-state index in [0.29, 0.717) is 11.4 Å². The summed E-state index contributed by atoms with van der Waals surface area (Å²) in [5, 5.41) is 8.12. The van der Waals surface area contributed by atoms with E-state index in [-0.39, 0.29) is 31.0 Å². The summed E-state index contributed by atoms with van der Waals surface area (Å²) in [4.78, 5) is 22.9. The first-order chi connectivity index (χ1) is 22.0. The van der Waals surface area contributed by atoms with Gasteiger partial charge in [0.05, 0.1) is 12.3 Å². The van der Waals surface area contributed by atoms with Gasteiger partial charge in [-0.1, -0.05) is 0 Å². The summed E-state index contributed by atoms with van der Waals surface area (Å²) >= 11 is 0. The molecule has 45 heavy (non-hydrogen) atoms. The number of piperazine rings is 1. The molecule has 2 unspecified atom stereocenters. The minimum Gasteiger partial charge on any atom is -0.491 e. The van der Waals surface area contributed by atoms with Gasteiger partial charge in [-0.05, 0) is 60.7 Å². The first kappa shape index (κ1) is 28.7. The average molecular weight is 617 g/mol. The summed E-state index contributed by atoms with van der Waals surface area (Å²) in [5.41, 5.74) is 2.71. The zero-order chi connectivity index (χ0) is 30.8. The van der Waals surface area contributed by atoms with Crippen LogP contribution >= 0.6 is 0 Å². The lowest BCUT2D eigenvalue weighted by atomic mass is 10.0. The van der Waals surface area contributed by atoms with E-state index in [1.807, 2.05) is 48.5 Å². The maximum absolute atomic E-state index is 14.8. The Morgan fingerprint density at radius 2 is 1.60 bits per heavy atom. The second kappa shape index (κ2) is 12.1. The summed E-state index contributed by atoms with van der Waals surface area (Å²) in [6.45, 7) is 3.76. The van der Waals surface area contributed by atoms with Crippen LogP contribution < -0.4 is 20.2 Å². The fraction of sp³-hybridized carbons (Fsp3) is 0.290. The molecule has 1 N–H and O–H groups in total. The number of nitrogens with zero attached hydrogens (tertiary/aromatic N) is 7. The Kier molecular flexibility index (Phi) is 7.73. The Bertz CT molecular complexity index is 1790. The van der Waals surface area contributed by atoms with Gasteiger partial charge in [-0.2, -0.15) is 14.9 Å². The number of anilines is 2. The van der Waals surface area contributed by atoms with Gasteiger partial charge in [-0.15, -0.1) is 0 Å². The van der Waals surface area contributed by atoms with Gasteiger partial charge >= 0.3 is 5.69 Å². The number of H-pyrrole nitrogens is 1. The van der Waals surface area contributed by atoms with Crippen molar-refractivity contribution in [2.45, 2.75) is 18.4 Å². The van der Waals surface area contributed by atoms with Gasteiger partial charge < -0.3 is 24.0 Å². The van der Waals surface area contributed by atoms with Crippen LogP contribution in [-0.4, -0.2) is 75.0 Å². The number of aromatic nitrogens is 6. The summed E-state index contributed by atoms with van der Waals surface area (Å²) < 4.78 is 49.5. The summed E-state index contributed by atoms with van der Waals surface area (Å²) in [6.07, 6.45) is 3.72. The van der Waals surface area contributed by atoms with Crippen molar-refractivity contribution < 1.29 is 23.0 Å². The molecule has 232 valence electrons. The SMILES string of the molecule is O=c1[nH]cnn1-c1ccc(N2CCN(c3ccc(OCC4COC(Cn5cncn5)(c5ccc(F)cc5F)O4)cc3)CC2)cc1. The minimum atomic E-state index is -1.51. The largest absolute Gasteiger partial charge is 0.491 e. The lowest BCUT2D eigenvalue weighted by Crippen LogP contribution is -2.46. The molecular formula is C31H30F2N8O4. The lowest BCUT2D eigenvalue weighted by molar-refractivity contribution is -0.192. The van der Waals surface area contributed by atoms with Crippen LogP contribution in [0.25, 0.3) is 5.69 Å². The minimum absolute atomic E-state index is 0.0335. The maximum atomic E-state index is 14.8. The summed E-state index contributed by atoms with van der Waals surface area (Å²) in [5.74, 6) is -2.30. The van der Waals surface area contributed by atoms with Crippen LogP contribution in [-0.2, 0) is 21.8 Å². The first-order valence-electron chi connectivity index (χ1n) is 14.5. The van der Waals surface area contributed by atoms with Crippen molar-refractivity contribution in [1.29, 1.82) is 0 Å². The van der Waals surface area contributed by atoms with Crippen molar-refractivity contribution >= 4 is 11.4 Å². The molecule has 3 aromatic carbocycles. The molecule has 2 saturated heterocycles. The number of ether oxygens (including phenoxy) is 3. The van der Waals surface area contributed by atoms with Crippen LogP contribution in [0.2, 0.25) is 0 Å². The Labute approximate surface area is 256 Å². The monoisotopic (exact) mass is 616 g/mol. The van der Waals surface area contributed by atoms with Crippen LogP contribution in [0, 0.1) is 11.6 Å². The van der Waals surface area contributed by atoms with E-state index in [0.717, 1.165) is 43.6 Å². The summed E-state index contributed by atoms with van der Waals surface area (Å²) in [6, 6.07) is 19.0. The number of aromatic amines is 1. The number of benzene rings is 3. The molecule has 0 bridgehead atoms. The molecule has 0 aliphatic carbocycles. The van der Waals surface area contributed by atoms with Gasteiger partial charge in [-0.25, -0.2) is 23.2 Å². The van der Waals surface area contributed by atoms with Crippen molar-refractivity contribution in [2.24, 2.45) is 0 Å². The van der Waals surface area contributed by atoms with E-state index in [4.69, 9.17) is 14.2 Å². The number of nitrogens with one attached hydrogen (secondary N) is 1. The number of halogens is 2. The van der Waals surface area contributed by atoms with E-state index in [1.165, 1.54) is 40.5 Å². The number of rotatable bonds is 9. The molecule has 14 heteroatoms. The van der Waals surface area contributed by atoms with Crippen LogP contribution in [0.15, 0.2) is 90.5 Å². The quantitative estimate of drug-likeness (QED) is 0.267. The Morgan fingerprint density at radius 3 is 2.22 bits per heavy atom. The highest BCUT2D eigenvalue weighted by Crippen LogP contribution is 2.38. The zero-order valence-corrected chi connectivity index (χ0v) is 24.1. The van der Waals surface area contributed by atoms with Crippen molar-refractivity contribution in [3.63, 3.8) is 0 Å². The van der Waals surface area contributed by atoms with Crippen LogP contribution in [0.5, 0.6) is 5.75 Å². The zero-order valence-electron chi connectivity index (χ0n) is 24.1. The van der Waals surface area contributed by atoms with Crippen molar-refractivity contribution in [2.75, 3.05) is 49.2 Å². The highest BCUT2D eigenvalue weighted by atomic mass is 19.1. The number of hydrogen-bond acceptors (Lipinski definition) is 9. The second-order valence-electron chi connectivity index (χ2n) is 10.8. The molecule has 0 spiro atoms. The van der Waals surface area contributed by atoms with Crippen molar-refractivity contribution in [1.82, 2.24) is 29.5 Å². The second-order valence-corrected chi connectivity index (χ2v) is 10.8. The molecule has 4 heterocycles. The highest BCUT2D eigenvalue weighted by Gasteiger charge is 2.46. The molecule has 7 rings (SSSR count). The van der Waals surface area contributed by atoms with Crippen LogP contribution in [0.4, 0.5) is 20.2 Å². The predicted octanol–water partition coefficient (Wildman–Crippen LogP) is 3.10. The smallest absolute Gasteiger partial charge is 0.347 e. The fourth-order valence-corrected chi connectivity index (χ4v) is 5.69. The molecule has 2 atom stereocenters.